The third kappa shape index (κ3) is 4.31. The molecule has 124 valence electrons. The lowest BCUT2D eigenvalue weighted by Gasteiger charge is -2.21. The number of ketones is 1. The summed E-state index contributed by atoms with van der Waals surface area (Å²) in [6, 6.07) is 13.9. The van der Waals surface area contributed by atoms with Gasteiger partial charge in [0.1, 0.15) is 0 Å². The molecule has 0 unspecified atom stereocenters. The van der Waals surface area contributed by atoms with Crippen LogP contribution in [0, 0.1) is 0 Å². The minimum absolute atomic E-state index is 0.152. The molecule has 5 heteroatoms. The fourth-order valence-corrected chi connectivity index (χ4v) is 2.43. The van der Waals surface area contributed by atoms with Gasteiger partial charge in [0.15, 0.2) is 5.78 Å². The average molecular weight is 343 g/mol. The summed E-state index contributed by atoms with van der Waals surface area (Å²) in [6.45, 7) is 4.29. The van der Waals surface area contributed by atoms with E-state index in [1.807, 2.05) is 6.07 Å². The van der Waals surface area contributed by atoms with E-state index in [9.17, 15) is 9.59 Å². The molecule has 0 fully saturated rings. The normalized spacial score (nSPS) is 10.2. The zero-order chi connectivity index (χ0) is 17.5. The molecular formula is C19H19ClN2O2. The van der Waals surface area contributed by atoms with Crippen molar-refractivity contribution in [2.75, 3.05) is 25.0 Å². The molecule has 0 aliphatic carbocycles. The Morgan fingerprint density at radius 1 is 1.21 bits per heavy atom. The van der Waals surface area contributed by atoms with Crippen molar-refractivity contribution in [1.29, 1.82) is 0 Å². The Hall–Kier alpha value is -2.43. The number of carbonyl (C=O) groups is 2. The molecule has 2 aromatic rings. The number of nitrogens with zero attached hydrogens (tertiary/aromatic N) is 1. The Balaban J connectivity index is 2.32. The third-order valence-electron chi connectivity index (χ3n) is 3.54. The van der Waals surface area contributed by atoms with Crippen LogP contribution >= 0.6 is 11.6 Å². The SMILES string of the molecule is C=CCNCC(=O)N(C)c1ccc(Cl)cc1C(=O)c1ccccc1. The molecule has 24 heavy (non-hydrogen) atoms. The molecule has 0 aromatic heterocycles. The van der Waals surface area contributed by atoms with Crippen LogP contribution in [0.2, 0.25) is 5.02 Å². The lowest BCUT2D eigenvalue weighted by molar-refractivity contribution is -0.117. The van der Waals surface area contributed by atoms with Crippen LogP contribution in [0.1, 0.15) is 15.9 Å². The number of likely N-dealkylation sites (N-methyl/N-ethyl adjacent to an activating group) is 1. The fraction of sp³-hybridized carbons (Fsp3) is 0.158. The van der Waals surface area contributed by atoms with Crippen LogP contribution in [0.3, 0.4) is 0 Å². The molecule has 0 saturated heterocycles. The highest BCUT2D eigenvalue weighted by atomic mass is 35.5. The molecule has 1 amide bonds. The molecule has 1 N–H and O–H groups in total. The second kappa shape index (κ2) is 8.43. The van der Waals surface area contributed by atoms with Gasteiger partial charge in [0.2, 0.25) is 5.91 Å². The van der Waals surface area contributed by atoms with E-state index in [4.69, 9.17) is 11.6 Å². The van der Waals surface area contributed by atoms with Crippen LogP contribution in [0.5, 0.6) is 0 Å². The standard InChI is InChI=1S/C19H19ClN2O2/c1-3-11-21-13-18(23)22(2)17-10-9-15(20)12-16(17)19(24)14-7-5-4-6-8-14/h3-10,12,21H,1,11,13H2,2H3. The number of nitrogens with one attached hydrogen (secondary N) is 1. The van der Waals surface area contributed by atoms with Crippen LogP contribution in [0.4, 0.5) is 5.69 Å². The van der Waals surface area contributed by atoms with Gasteiger partial charge in [-0.2, -0.15) is 0 Å². The Labute approximate surface area is 146 Å². The number of anilines is 1. The molecule has 0 aliphatic heterocycles. The van der Waals surface area contributed by atoms with Gasteiger partial charge in [-0.05, 0) is 18.2 Å². The maximum absolute atomic E-state index is 12.8. The summed E-state index contributed by atoms with van der Waals surface area (Å²) in [7, 11) is 1.64. The highest BCUT2D eigenvalue weighted by molar-refractivity contribution is 6.31. The van der Waals surface area contributed by atoms with Crippen molar-refractivity contribution in [2.45, 2.75) is 0 Å². The summed E-state index contributed by atoms with van der Waals surface area (Å²) in [5.74, 6) is -0.326. The van der Waals surface area contributed by atoms with E-state index < -0.39 is 0 Å². The van der Waals surface area contributed by atoms with Crippen molar-refractivity contribution >= 4 is 29.0 Å². The van der Waals surface area contributed by atoms with E-state index in [2.05, 4.69) is 11.9 Å². The topological polar surface area (TPSA) is 49.4 Å². The molecule has 0 heterocycles. The minimum atomic E-state index is -0.174. The predicted octanol–water partition coefficient (Wildman–Crippen LogP) is 3.31. The van der Waals surface area contributed by atoms with Crippen molar-refractivity contribution in [2.24, 2.45) is 0 Å². The summed E-state index contributed by atoms with van der Waals surface area (Å²) in [5, 5.41) is 3.40. The van der Waals surface area contributed by atoms with Gasteiger partial charge in [0.05, 0.1) is 12.2 Å². The first kappa shape index (κ1) is 17.9. The fourth-order valence-electron chi connectivity index (χ4n) is 2.26. The zero-order valence-electron chi connectivity index (χ0n) is 13.5. The van der Waals surface area contributed by atoms with Gasteiger partial charge >= 0.3 is 0 Å². The maximum atomic E-state index is 12.8. The number of benzene rings is 2. The lowest BCUT2D eigenvalue weighted by Crippen LogP contribution is -2.36. The Kier molecular flexibility index (Phi) is 6.29. The van der Waals surface area contributed by atoms with E-state index in [-0.39, 0.29) is 18.2 Å². The molecule has 0 radical (unpaired) electrons. The Morgan fingerprint density at radius 2 is 1.92 bits per heavy atom. The van der Waals surface area contributed by atoms with Crippen LogP contribution in [0.25, 0.3) is 0 Å². The smallest absolute Gasteiger partial charge is 0.240 e. The van der Waals surface area contributed by atoms with Gasteiger partial charge in [-0.15, -0.1) is 6.58 Å². The van der Waals surface area contributed by atoms with E-state index in [0.29, 0.717) is 28.4 Å². The number of hydrogen-bond donors (Lipinski definition) is 1. The van der Waals surface area contributed by atoms with E-state index in [1.165, 1.54) is 4.90 Å². The van der Waals surface area contributed by atoms with Crippen molar-refractivity contribution in [3.05, 3.63) is 77.3 Å². The second-order valence-corrected chi connectivity index (χ2v) is 5.67. The van der Waals surface area contributed by atoms with Crippen LogP contribution in [-0.2, 0) is 4.79 Å². The van der Waals surface area contributed by atoms with Crippen molar-refractivity contribution in [3.8, 4) is 0 Å². The number of hydrogen-bond acceptors (Lipinski definition) is 3. The van der Waals surface area contributed by atoms with Crippen molar-refractivity contribution < 1.29 is 9.59 Å². The molecule has 0 atom stereocenters. The molecule has 0 bridgehead atoms. The predicted molar refractivity (Wildman–Crippen MR) is 97.8 cm³/mol. The highest BCUT2D eigenvalue weighted by Gasteiger charge is 2.20. The average Bonchev–Trinajstić information content (AvgIpc) is 2.61. The first-order valence-corrected chi connectivity index (χ1v) is 7.90. The van der Waals surface area contributed by atoms with Gasteiger partial charge in [-0.3, -0.25) is 9.59 Å². The molecule has 4 nitrogen and oxygen atoms in total. The van der Waals surface area contributed by atoms with Crippen LogP contribution in [-0.4, -0.2) is 31.8 Å². The molecule has 2 aromatic carbocycles. The largest absolute Gasteiger partial charge is 0.314 e. The van der Waals surface area contributed by atoms with E-state index in [0.717, 1.165) is 0 Å². The van der Waals surface area contributed by atoms with Gasteiger partial charge in [0.25, 0.3) is 0 Å². The highest BCUT2D eigenvalue weighted by Crippen LogP contribution is 2.26. The monoisotopic (exact) mass is 342 g/mol. The molecule has 2 rings (SSSR count). The van der Waals surface area contributed by atoms with E-state index in [1.54, 1.807) is 55.6 Å². The van der Waals surface area contributed by atoms with E-state index >= 15 is 0 Å². The number of halogens is 1. The summed E-state index contributed by atoms with van der Waals surface area (Å²) >= 11 is 6.06. The molecule has 0 spiro atoms. The number of rotatable bonds is 7. The molecule has 0 aliphatic rings. The summed E-state index contributed by atoms with van der Waals surface area (Å²) in [6.07, 6.45) is 1.68. The van der Waals surface area contributed by atoms with Crippen LogP contribution < -0.4 is 10.2 Å². The molecular weight excluding hydrogens is 324 g/mol. The van der Waals surface area contributed by atoms with Gasteiger partial charge in [-0.25, -0.2) is 0 Å². The first-order chi connectivity index (χ1) is 11.5. The first-order valence-electron chi connectivity index (χ1n) is 7.52. The number of amides is 1. The van der Waals surface area contributed by atoms with Gasteiger partial charge < -0.3 is 10.2 Å². The quantitative estimate of drug-likeness (QED) is 0.477. The summed E-state index contributed by atoms with van der Waals surface area (Å²) in [4.78, 5) is 26.5. The zero-order valence-corrected chi connectivity index (χ0v) is 14.2. The Morgan fingerprint density at radius 3 is 2.58 bits per heavy atom. The van der Waals surface area contributed by atoms with Crippen molar-refractivity contribution in [1.82, 2.24) is 5.32 Å². The molecule has 0 saturated carbocycles. The van der Waals surface area contributed by atoms with Gasteiger partial charge in [-0.1, -0.05) is 48.0 Å². The van der Waals surface area contributed by atoms with Crippen LogP contribution in [0.15, 0.2) is 61.2 Å². The maximum Gasteiger partial charge on any atom is 0.240 e. The summed E-state index contributed by atoms with van der Waals surface area (Å²) in [5.41, 5.74) is 1.47. The van der Waals surface area contributed by atoms with Crippen molar-refractivity contribution in [3.63, 3.8) is 0 Å². The third-order valence-corrected chi connectivity index (χ3v) is 3.77. The number of carbonyl (C=O) groups excluding carboxylic acids is 2. The van der Waals surface area contributed by atoms with Gasteiger partial charge in [0, 0.05) is 29.7 Å². The lowest BCUT2D eigenvalue weighted by atomic mass is 10.0. The second-order valence-electron chi connectivity index (χ2n) is 5.23. The Bertz CT molecular complexity index is 744. The summed E-state index contributed by atoms with van der Waals surface area (Å²) < 4.78 is 0. The minimum Gasteiger partial charge on any atom is -0.314 e.